The Kier molecular flexibility index (Phi) is 3.69. The number of rotatable bonds is 2. The average Bonchev–Trinajstić information content (AvgIpc) is 3.21. The topological polar surface area (TPSA) is 50.5 Å². The molecule has 3 heterocycles. The van der Waals surface area contributed by atoms with Crippen LogP contribution in [0.5, 0.6) is 0 Å². The number of hydrogen-bond donors (Lipinski definition) is 0. The summed E-state index contributed by atoms with van der Waals surface area (Å²) in [6, 6.07) is 6.73. The van der Waals surface area contributed by atoms with Crippen molar-refractivity contribution in [2.24, 2.45) is 0 Å². The second-order valence-corrected chi connectivity index (χ2v) is 6.30. The van der Waals surface area contributed by atoms with Crippen LogP contribution in [0.4, 0.5) is 4.39 Å². The summed E-state index contributed by atoms with van der Waals surface area (Å²) in [5.41, 5.74) is 0.982. The van der Waals surface area contributed by atoms with Crippen molar-refractivity contribution in [3.63, 3.8) is 0 Å². The molecule has 1 aliphatic heterocycles. The number of hydrogen-bond acceptors (Lipinski definition) is 3. The van der Waals surface area contributed by atoms with Gasteiger partial charge in [-0.2, -0.15) is 0 Å². The summed E-state index contributed by atoms with van der Waals surface area (Å²) in [5, 5.41) is 0.472. The first-order valence-electron chi connectivity index (χ1n) is 7.66. The number of carbonyl (C=O) groups is 1. The van der Waals surface area contributed by atoms with Crippen LogP contribution >= 0.6 is 11.6 Å². The van der Waals surface area contributed by atoms with E-state index in [-0.39, 0.29) is 17.6 Å². The van der Waals surface area contributed by atoms with E-state index < -0.39 is 0 Å². The van der Waals surface area contributed by atoms with Crippen molar-refractivity contribution in [1.29, 1.82) is 0 Å². The molecule has 1 atom stereocenters. The van der Waals surface area contributed by atoms with Gasteiger partial charge in [-0.15, -0.1) is 0 Å². The Hall–Kier alpha value is -2.47. The first kappa shape index (κ1) is 15.1. The summed E-state index contributed by atoms with van der Waals surface area (Å²) in [7, 11) is 0. The molecule has 0 saturated carbocycles. The van der Waals surface area contributed by atoms with Crippen LogP contribution in [-0.2, 0) is 0 Å². The third-order valence-corrected chi connectivity index (χ3v) is 4.51. The predicted octanol–water partition coefficient (Wildman–Crippen LogP) is 3.15. The number of imidazole rings is 1. The Balaban J connectivity index is 1.55. The molecular weight excluding hydrogens is 331 g/mol. The third kappa shape index (κ3) is 2.63. The maximum Gasteiger partial charge on any atom is 0.274 e. The van der Waals surface area contributed by atoms with Crippen LogP contribution in [0, 0.1) is 5.82 Å². The lowest BCUT2D eigenvalue weighted by molar-refractivity contribution is 0.0785. The Morgan fingerprint density at radius 3 is 2.96 bits per heavy atom. The number of benzene rings is 1. The fraction of sp³-hybridized carbons (Fsp3) is 0.235. The summed E-state index contributed by atoms with van der Waals surface area (Å²) in [6.45, 7) is 1.07. The molecule has 0 spiro atoms. The van der Waals surface area contributed by atoms with Gasteiger partial charge >= 0.3 is 0 Å². The second-order valence-electron chi connectivity index (χ2n) is 5.86. The molecule has 122 valence electrons. The lowest BCUT2D eigenvalue weighted by atomic mass is 9.98. The maximum atomic E-state index is 13.9. The van der Waals surface area contributed by atoms with E-state index in [4.69, 9.17) is 11.6 Å². The van der Waals surface area contributed by atoms with Gasteiger partial charge in [-0.25, -0.2) is 14.4 Å². The fourth-order valence-corrected chi connectivity index (χ4v) is 3.28. The number of nitrogens with zero attached hydrogens (tertiary/aromatic N) is 4. The lowest BCUT2D eigenvalue weighted by Gasteiger charge is -2.15. The average molecular weight is 345 g/mol. The number of halogens is 2. The molecule has 0 aliphatic carbocycles. The summed E-state index contributed by atoms with van der Waals surface area (Å²) in [4.78, 5) is 22.7. The zero-order chi connectivity index (χ0) is 16.7. The van der Waals surface area contributed by atoms with Gasteiger partial charge in [0.05, 0.1) is 11.2 Å². The summed E-state index contributed by atoms with van der Waals surface area (Å²) < 4.78 is 15.6. The first-order chi connectivity index (χ1) is 11.6. The molecule has 7 heteroatoms. The van der Waals surface area contributed by atoms with Crippen LogP contribution in [0.25, 0.3) is 5.78 Å². The zero-order valence-electron chi connectivity index (χ0n) is 12.7. The fourth-order valence-electron chi connectivity index (χ4n) is 3.13. The molecule has 1 aromatic carbocycles. The third-order valence-electron chi connectivity index (χ3n) is 4.32. The quantitative estimate of drug-likeness (QED) is 0.717. The monoisotopic (exact) mass is 344 g/mol. The minimum absolute atomic E-state index is 0.0137. The van der Waals surface area contributed by atoms with Gasteiger partial charge in [0.15, 0.2) is 0 Å². The highest BCUT2D eigenvalue weighted by atomic mass is 35.5. The number of amides is 1. The maximum absolute atomic E-state index is 13.9. The van der Waals surface area contributed by atoms with Gasteiger partial charge in [-0.05, 0) is 18.1 Å². The second kappa shape index (κ2) is 5.87. The van der Waals surface area contributed by atoms with E-state index in [2.05, 4.69) is 9.97 Å². The lowest BCUT2D eigenvalue weighted by Crippen LogP contribution is -2.28. The van der Waals surface area contributed by atoms with Gasteiger partial charge in [0, 0.05) is 31.4 Å². The Morgan fingerprint density at radius 1 is 1.29 bits per heavy atom. The van der Waals surface area contributed by atoms with Crippen molar-refractivity contribution in [2.45, 2.75) is 12.3 Å². The smallest absolute Gasteiger partial charge is 0.274 e. The van der Waals surface area contributed by atoms with Crippen molar-refractivity contribution in [1.82, 2.24) is 19.3 Å². The van der Waals surface area contributed by atoms with Gasteiger partial charge in [0.25, 0.3) is 5.91 Å². The molecule has 0 N–H and O–H groups in total. The Labute approximate surface area is 142 Å². The molecule has 2 aromatic heterocycles. The van der Waals surface area contributed by atoms with Crippen molar-refractivity contribution in [2.75, 3.05) is 13.1 Å². The highest BCUT2D eigenvalue weighted by molar-refractivity contribution is 6.30. The zero-order valence-corrected chi connectivity index (χ0v) is 13.4. The largest absolute Gasteiger partial charge is 0.337 e. The van der Waals surface area contributed by atoms with E-state index in [0.717, 1.165) is 6.42 Å². The SMILES string of the molecule is O=C(c1cn2cc(Cl)cnc2n1)N1CC[C@@H](c2ccccc2F)C1. The molecule has 1 amide bonds. The molecular formula is C17H14ClFN4O. The highest BCUT2D eigenvalue weighted by Gasteiger charge is 2.30. The molecule has 3 aromatic rings. The molecule has 0 bridgehead atoms. The minimum Gasteiger partial charge on any atom is -0.337 e. The highest BCUT2D eigenvalue weighted by Crippen LogP contribution is 2.29. The molecule has 24 heavy (non-hydrogen) atoms. The van der Waals surface area contributed by atoms with Gasteiger partial charge in [0.2, 0.25) is 5.78 Å². The molecule has 0 radical (unpaired) electrons. The predicted molar refractivity (Wildman–Crippen MR) is 87.7 cm³/mol. The van der Waals surface area contributed by atoms with E-state index in [0.29, 0.717) is 35.1 Å². The van der Waals surface area contributed by atoms with Crippen LogP contribution in [0.3, 0.4) is 0 Å². The van der Waals surface area contributed by atoms with Crippen LogP contribution in [0.1, 0.15) is 28.4 Å². The molecule has 0 unspecified atom stereocenters. The number of likely N-dealkylation sites (tertiary alicyclic amines) is 1. The van der Waals surface area contributed by atoms with E-state index in [1.165, 1.54) is 12.3 Å². The number of aromatic nitrogens is 3. The van der Waals surface area contributed by atoms with E-state index >= 15 is 0 Å². The van der Waals surface area contributed by atoms with Crippen LogP contribution in [0.2, 0.25) is 5.02 Å². The van der Waals surface area contributed by atoms with Gasteiger partial charge in [-0.3, -0.25) is 9.20 Å². The van der Waals surface area contributed by atoms with E-state index in [9.17, 15) is 9.18 Å². The first-order valence-corrected chi connectivity index (χ1v) is 8.03. The molecule has 1 saturated heterocycles. The summed E-state index contributed by atoms with van der Waals surface area (Å²) in [5.74, 6) is 0.0474. The molecule has 1 fully saturated rings. The van der Waals surface area contributed by atoms with Crippen molar-refractivity contribution >= 4 is 23.3 Å². The normalized spacial score (nSPS) is 17.6. The van der Waals surface area contributed by atoms with Crippen molar-refractivity contribution < 1.29 is 9.18 Å². The Morgan fingerprint density at radius 2 is 2.12 bits per heavy atom. The Bertz CT molecular complexity index is 926. The van der Waals surface area contributed by atoms with Gasteiger partial charge in [0.1, 0.15) is 11.5 Å². The number of fused-ring (bicyclic) bond motifs is 1. The number of carbonyl (C=O) groups excluding carboxylic acids is 1. The molecule has 5 nitrogen and oxygen atoms in total. The summed E-state index contributed by atoms with van der Waals surface area (Å²) in [6.07, 6.45) is 5.50. The minimum atomic E-state index is -0.219. The van der Waals surface area contributed by atoms with E-state index in [1.54, 1.807) is 33.8 Å². The van der Waals surface area contributed by atoms with Crippen LogP contribution in [-0.4, -0.2) is 38.3 Å². The van der Waals surface area contributed by atoms with E-state index in [1.807, 2.05) is 6.07 Å². The van der Waals surface area contributed by atoms with Crippen molar-refractivity contribution in [3.05, 3.63) is 65.0 Å². The standard InChI is InChI=1S/C17H14ClFN4O/c18-12-7-20-17-21-15(10-23(17)9-12)16(24)22-6-5-11(8-22)13-3-1-2-4-14(13)19/h1-4,7,9-11H,5-6,8H2/t11-/m1/s1. The van der Waals surface area contributed by atoms with Gasteiger partial charge < -0.3 is 4.90 Å². The van der Waals surface area contributed by atoms with Gasteiger partial charge in [-0.1, -0.05) is 29.8 Å². The van der Waals surface area contributed by atoms with Crippen LogP contribution in [0.15, 0.2) is 42.9 Å². The van der Waals surface area contributed by atoms with Crippen LogP contribution < -0.4 is 0 Å². The molecule has 4 rings (SSSR count). The summed E-state index contributed by atoms with van der Waals surface area (Å²) >= 11 is 5.89. The molecule has 1 aliphatic rings. The van der Waals surface area contributed by atoms with Crippen molar-refractivity contribution in [3.8, 4) is 0 Å².